The molecule has 0 radical (unpaired) electrons. The van der Waals surface area contributed by atoms with Crippen LogP contribution in [0.15, 0.2) is 47.1 Å². The second-order valence-corrected chi connectivity index (χ2v) is 5.81. The molecule has 2 atom stereocenters. The van der Waals surface area contributed by atoms with Gasteiger partial charge in [-0.25, -0.2) is 4.79 Å². The van der Waals surface area contributed by atoms with Gasteiger partial charge in [-0.05, 0) is 50.6 Å². The fourth-order valence-electron chi connectivity index (χ4n) is 2.30. The predicted octanol–water partition coefficient (Wildman–Crippen LogP) is 2.95. The fourth-order valence-corrected chi connectivity index (χ4v) is 2.30. The molecule has 6 nitrogen and oxygen atoms in total. The highest BCUT2D eigenvalue weighted by atomic mass is 16.5. The van der Waals surface area contributed by atoms with Gasteiger partial charge in [0.2, 0.25) is 0 Å². The molecule has 2 aromatic rings. The van der Waals surface area contributed by atoms with Gasteiger partial charge >= 0.3 is 6.03 Å². The highest BCUT2D eigenvalue weighted by Crippen LogP contribution is 2.21. The molecule has 2 unspecified atom stereocenters. The number of hydrogen-bond donors (Lipinski definition) is 3. The summed E-state index contributed by atoms with van der Waals surface area (Å²) in [6, 6.07) is 10.4. The summed E-state index contributed by atoms with van der Waals surface area (Å²) in [5.74, 6) is 1.17. The number of ether oxygens (including phenoxy) is 1. The molecule has 24 heavy (non-hydrogen) atoms. The van der Waals surface area contributed by atoms with E-state index in [2.05, 4.69) is 10.6 Å². The van der Waals surface area contributed by atoms with Crippen LogP contribution in [0, 0.1) is 0 Å². The normalized spacial score (nSPS) is 14.5. The molecule has 0 spiro atoms. The summed E-state index contributed by atoms with van der Waals surface area (Å²) in [5.41, 5.74) is -0.326. The maximum atomic E-state index is 12.1. The van der Waals surface area contributed by atoms with Crippen molar-refractivity contribution in [3.8, 4) is 5.75 Å². The monoisotopic (exact) mass is 332 g/mol. The second-order valence-electron chi connectivity index (χ2n) is 5.81. The van der Waals surface area contributed by atoms with Crippen LogP contribution < -0.4 is 15.4 Å². The maximum absolute atomic E-state index is 12.1. The highest BCUT2D eigenvalue weighted by Gasteiger charge is 2.27. The van der Waals surface area contributed by atoms with Gasteiger partial charge in [-0.1, -0.05) is 12.1 Å². The van der Waals surface area contributed by atoms with E-state index in [0.717, 1.165) is 11.3 Å². The van der Waals surface area contributed by atoms with E-state index in [9.17, 15) is 9.90 Å². The molecule has 0 aliphatic carbocycles. The SMILES string of the molecule is CCOc1cccc(C(C)NC(=O)NCC(C)(O)c2ccco2)c1. The number of amides is 2. The minimum atomic E-state index is -1.26. The van der Waals surface area contributed by atoms with Crippen LogP contribution in [0.2, 0.25) is 0 Å². The summed E-state index contributed by atoms with van der Waals surface area (Å²) in [6.45, 7) is 6.02. The summed E-state index contributed by atoms with van der Waals surface area (Å²) >= 11 is 0. The van der Waals surface area contributed by atoms with Crippen LogP contribution in [0.25, 0.3) is 0 Å². The van der Waals surface area contributed by atoms with Gasteiger partial charge in [-0.2, -0.15) is 0 Å². The molecule has 2 amide bonds. The van der Waals surface area contributed by atoms with Crippen molar-refractivity contribution >= 4 is 6.03 Å². The minimum Gasteiger partial charge on any atom is -0.494 e. The topological polar surface area (TPSA) is 83.7 Å². The van der Waals surface area contributed by atoms with Crippen LogP contribution in [0.1, 0.15) is 38.1 Å². The second kappa shape index (κ2) is 7.88. The predicted molar refractivity (Wildman–Crippen MR) is 90.8 cm³/mol. The molecule has 1 aromatic heterocycles. The average Bonchev–Trinajstić information content (AvgIpc) is 3.09. The standard InChI is InChI=1S/C18H24N2O4/c1-4-23-15-8-5-7-14(11-15)13(2)20-17(21)19-12-18(3,22)16-9-6-10-24-16/h5-11,13,22H,4,12H2,1-3H3,(H2,19,20,21). The zero-order valence-corrected chi connectivity index (χ0v) is 14.2. The Morgan fingerprint density at radius 2 is 2.17 bits per heavy atom. The maximum Gasteiger partial charge on any atom is 0.315 e. The summed E-state index contributed by atoms with van der Waals surface area (Å²) in [7, 11) is 0. The molecular weight excluding hydrogens is 308 g/mol. The summed E-state index contributed by atoms with van der Waals surface area (Å²) in [4.78, 5) is 12.1. The molecule has 2 rings (SSSR count). The van der Waals surface area contributed by atoms with E-state index in [1.807, 2.05) is 38.1 Å². The molecule has 0 saturated heterocycles. The van der Waals surface area contributed by atoms with Gasteiger partial charge in [-0.3, -0.25) is 0 Å². The first-order valence-electron chi connectivity index (χ1n) is 7.96. The van der Waals surface area contributed by atoms with E-state index in [-0.39, 0.29) is 18.6 Å². The molecule has 3 N–H and O–H groups in total. The molecule has 0 bridgehead atoms. The van der Waals surface area contributed by atoms with E-state index in [4.69, 9.17) is 9.15 Å². The Morgan fingerprint density at radius 3 is 2.83 bits per heavy atom. The van der Waals surface area contributed by atoms with Crippen LogP contribution in [-0.2, 0) is 5.60 Å². The van der Waals surface area contributed by atoms with Crippen LogP contribution in [0.4, 0.5) is 4.79 Å². The van der Waals surface area contributed by atoms with Crippen LogP contribution in [0.3, 0.4) is 0 Å². The minimum absolute atomic E-state index is 0.0397. The summed E-state index contributed by atoms with van der Waals surface area (Å²) in [5, 5.41) is 15.8. The first-order valence-corrected chi connectivity index (χ1v) is 7.96. The van der Waals surface area contributed by atoms with Crippen LogP contribution in [-0.4, -0.2) is 24.3 Å². The number of rotatable bonds is 7. The molecular formula is C18H24N2O4. The Labute approximate surface area is 141 Å². The fraction of sp³-hybridized carbons (Fsp3) is 0.389. The zero-order chi connectivity index (χ0) is 17.6. The summed E-state index contributed by atoms with van der Waals surface area (Å²) < 4.78 is 10.6. The van der Waals surface area contributed by atoms with Gasteiger partial charge < -0.3 is 24.9 Å². The van der Waals surface area contributed by atoms with Crippen molar-refractivity contribution in [1.29, 1.82) is 0 Å². The molecule has 1 aromatic carbocycles. The van der Waals surface area contributed by atoms with Crippen molar-refractivity contribution in [3.63, 3.8) is 0 Å². The first kappa shape index (κ1) is 17.9. The van der Waals surface area contributed by atoms with Crippen molar-refractivity contribution in [2.75, 3.05) is 13.2 Å². The molecule has 0 aliphatic heterocycles. The van der Waals surface area contributed by atoms with E-state index in [1.165, 1.54) is 6.26 Å². The molecule has 1 heterocycles. The molecule has 0 aliphatic rings. The first-order chi connectivity index (χ1) is 11.4. The van der Waals surface area contributed by atoms with E-state index in [0.29, 0.717) is 12.4 Å². The Hall–Kier alpha value is -2.47. The lowest BCUT2D eigenvalue weighted by Crippen LogP contribution is -2.44. The van der Waals surface area contributed by atoms with Gasteiger partial charge in [0.1, 0.15) is 17.1 Å². The molecule has 0 fully saturated rings. The van der Waals surface area contributed by atoms with E-state index in [1.54, 1.807) is 19.1 Å². The van der Waals surface area contributed by atoms with Crippen molar-refractivity contribution in [3.05, 3.63) is 54.0 Å². The number of aliphatic hydroxyl groups is 1. The molecule has 6 heteroatoms. The third-order valence-electron chi connectivity index (χ3n) is 3.66. The quantitative estimate of drug-likeness (QED) is 0.728. The zero-order valence-electron chi connectivity index (χ0n) is 14.2. The lowest BCUT2D eigenvalue weighted by molar-refractivity contribution is 0.0366. The lowest BCUT2D eigenvalue weighted by atomic mass is 10.0. The van der Waals surface area contributed by atoms with Gasteiger partial charge in [0.15, 0.2) is 0 Å². The average molecular weight is 332 g/mol. The Kier molecular flexibility index (Phi) is 5.87. The lowest BCUT2D eigenvalue weighted by Gasteiger charge is -2.22. The number of hydrogen-bond acceptors (Lipinski definition) is 4. The third-order valence-corrected chi connectivity index (χ3v) is 3.66. The number of carbonyl (C=O) groups excluding carboxylic acids is 1. The van der Waals surface area contributed by atoms with Crippen LogP contribution in [0.5, 0.6) is 5.75 Å². The summed E-state index contributed by atoms with van der Waals surface area (Å²) in [6.07, 6.45) is 1.48. The third kappa shape index (κ3) is 4.76. The number of carbonyl (C=O) groups is 1. The van der Waals surface area contributed by atoms with E-state index < -0.39 is 5.60 Å². The van der Waals surface area contributed by atoms with E-state index >= 15 is 0 Å². The number of furan rings is 1. The van der Waals surface area contributed by atoms with Crippen molar-refractivity contribution < 1.29 is 19.1 Å². The largest absolute Gasteiger partial charge is 0.494 e. The van der Waals surface area contributed by atoms with Gasteiger partial charge in [0.25, 0.3) is 0 Å². The number of urea groups is 1. The van der Waals surface area contributed by atoms with Gasteiger partial charge in [0, 0.05) is 0 Å². The Balaban J connectivity index is 1.89. The molecule has 0 saturated carbocycles. The van der Waals surface area contributed by atoms with Crippen molar-refractivity contribution in [1.82, 2.24) is 10.6 Å². The van der Waals surface area contributed by atoms with Gasteiger partial charge in [0.05, 0.1) is 25.5 Å². The Bertz CT molecular complexity index is 653. The van der Waals surface area contributed by atoms with Crippen LogP contribution >= 0.6 is 0 Å². The smallest absolute Gasteiger partial charge is 0.315 e. The number of benzene rings is 1. The number of nitrogens with one attached hydrogen (secondary N) is 2. The highest BCUT2D eigenvalue weighted by molar-refractivity contribution is 5.74. The van der Waals surface area contributed by atoms with Crippen molar-refractivity contribution in [2.24, 2.45) is 0 Å². The molecule has 130 valence electrons. The van der Waals surface area contributed by atoms with Gasteiger partial charge in [-0.15, -0.1) is 0 Å². The Morgan fingerprint density at radius 1 is 1.38 bits per heavy atom. The van der Waals surface area contributed by atoms with Crippen molar-refractivity contribution in [2.45, 2.75) is 32.4 Å².